The summed E-state index contributed by atoms with van der Waals surface area (Å²) >= 11 is 6.11. The second-order valence-electron chi connectivity index (χ2n) is 4.73. The van der Waals surface area contributed by atoms with Crippen LogP contribution >= 0.6 is 11.6 Å². The Kier molecular flexibility index (Phi) is 5.54. The summed E-state index contributed by atoms with van der Waals surface area (Å²) < 4.78 is 4.97. The SMILES string of the molecule is COc1cc(C(=O)N[C@@H](CC(=O)O)c2ccccc2Cl)ccn1. The van der Waals surface area contributed by atoms with Crippen LogP contribution in [0.5, 0.6) is 5.88 Å². The van der Waals surface area contributed by atoms with Gasteiger partial charge in [-0.05, 0) is 17.7 Å². The van der Waals surface area contributed by atoms with Gasteiger partial charge in [0.15, 0.2) is 0 Å². The molecule has 6 nitrogen and oxygen atoms in total. The number of pyridine rings is 1. The Balaban J connectivity index is 2.25. The fraction of sp³-hybridized carbons (Fsp3) is 0.188. The van der Waals surface area contributed by atoms with E-state index in [2.05, 4.69) is 10.3 Å². The van der Waals surface area contributed by atoms with E-state index in [1.165, 1.54) is 25.4 Å². The first-order chi connectivity index (χ1) is 11.0. The Labute approximate surface area is 138 Å². The number of rotatable bonds is 6. The molecule has 2 aromatic rings. The number of methoxy groups -OCH3 is 1. The van der Waals surface area contributed by atoms with Gasteiger partial charge in [-0.1, -0.05) is 29.8 Å². The van der Waals surface area contributed by atoms with Crippen molar-refractivity contribution in [1.29, 1.82) is 0 Å². The molecule has 2 N–H and O–H groups in total. The lowest BCUT2D eigenvalue weighted by atomic mass is 10.0. The fourth-order valence-electron chi connectivity index (χ4n) is 2.07. The molecular formula is C16H15ClN2O4. The minimum Gasteiger partial charge on any atom is -0.481 e. The highest BCUT2D eigenvalue weighted by atomic mass is 35.5. The van der Waals surface area contributed by atoms with Crippen LogP contribution in [0, 0.1) is 0 Å². The van der Waals surface area contributed by atoms with Crippen LogP contribution in [0.2, 0.25) is 5.02 Å². The number of carbonyl (C=O) groups is 2. The molecule has 0 aliphatic heterocycles. The summed E-state index contributed by atoms with van der Waals surface area (Å²) in [6, 6.07) is 9.04. The summed E-state index contributed by atoms with van der Waals surface area (Å²) in [5.74, 6) is -1.18. The lowest BCUT2D eigenvalue weighted by Crippen LogP contribution is -2.30. The average Bonchev–Trinajstić information content (AvgIpc) is 2.54. The molecule has 0 fully saturated rings. The molecule has 120 valence electrons. The Morgan fingerprint density at radius 3 is 2.74 bits per heavy atom. The normalized spacial score (nSPS) is 11.6. The summed E-state index contributed by atoms with van der Waals surface area (Å²) in [6.07, 6.45) is 1.16. The number of ether oxygens (including phenoxy) is 1. The van der Waals surface area contributed by atoms with Gasteiger partial charge in [0.25, 0.3) is 5.91 Å². The molecule has 0 aliphatic rings. The van der Waals surface area contributed by atoms with Crippen molar-refractivity contribution in [2.45, 2.75) is 12.5 Å². The molecule has 0 unspecified atom stereocenters. The van der Waals surface area contributed by atoms with Crippen molar-refractivity contribution in [1.82, 2.24) is 10.3 Å². The predicted octanol–water partition coefficient (Wildman–Crippen LogP) is 2.69. The minimum absolute atomic E-state index is 0.280. The van der Waals surface area contributed by atoms with Crippen LogP contribution in [-0.2, 0) is 4.79 Å². The van der Waals surface area contributed by atoms with Crippen molar-refractivity contribution in [3.05, 3.63) is 58.7 Å². The molecule has 0 spiro atoms. The van der Waals surface area contributed by atoms with Gasteiger partial charge in [0.05, 0.1) is 19.6 Å². The quantitative estimate of drug-likeness (QED) is 0.848. The first-order valence-electron chi connectivity index (χ1n) is 6.78. The van der Waals surface area contributed by atoms with Gasteiger partial charge < -0.3 is 15.2 Å². The number of hydrogen-bond donors (Lipinski definition) is 2. The number of carboxylic acid groups (broad SMARTS) is 1. The molecule has 23 heavy (non-hydrogen) atoms. The van der Waals surface area contributed by atoms with Crippen molar-refractivity contribution in [3.63, 3.8) is 0 Å². The highest BCUT2D eigenvalue weighted by molar-refractivity contribution is 6.31. The molecule has 2 rings (SSSR count). The molecule has 1 aromatic carbocycles. The lowest BCUT2D eigenvalue weighted by Gasteiger charge is -2.18. The second kappa shape index (κ2) is 7.60. The van der Waals surface area contributed by atoms with Crippen molar-refractivity contribution in [2.24, 2.45) is 0 Å². The summed E-state index contributed by atoms with van der Waals surface area (Å²) in [5, 5.41) is 12.2. The molecule has 1 amide bonds. The number of aromatic nitrogens is 1. The third-order valence-electron chi connectivity index (χ3n) is 3.17. The van der Waals surface area contributed by atoms with E-state index in [0.717, 1.165) is 0 Å². The zero-order valence-electron chi connectivity index (χ0n) is 12.3. The van der Waals surface area contributed by atoms with Crippen LogP contribution < -0.4 is 10.1 Å². The number of nitrogens with one attached hydrogen (secondary N) is 1. The molecule has 1 atom stereocenters. The van der Waals surface area contributed by atoms with Crippen LogP contribution in [0.4, 0.5) is 0 Å². The molecule has 0 saturated carbocycles. The minimum atomic E-state index is -1.04. The van der Waals surface area contributed by atoms with E-state index in [0.29, 0.717) is 22.0 Å². The zero-order valence-corrected chi connectivity index (χ0v) is 13.1. The summed E-state index contributed by atoms with van der Waals surface area (Å²) in [4.78, 5) is 27.4. The predicted molar refractivity (Wildman–Crippen MR) is 84.7 cm³/mol. The summed E-state index contributed by atoms with van der Waals surface area (Å²) in [6.45, 7) is 0. The van der Waals surface area contributed by atoms with E-state index in [9.17, 15) is 9.59 Å². The zero-order chi connectivity index (χ0) is 16.8. The number of aliphatic carboxylic acids is 1. The maximum Gasteiger partial charge on any atom is 0.305 e. The molecule has 1 heterocycles. The standard InChI is InChI=1S/C16H15ClN2O4/c1-23-14-8-10(6-7-18-14)16(22)19-13(9-15(20)21)11-4-2-3-5-12(11)17/h2-8,13H,9H2,1H3,(H,19,22)(H,20,21)/t13-/m0/s1. The van der Waals surface area contributed by atoms with Gasteiger partial charge in [0, 0.05) is 22.8 Å². The molecule has 1 aromatic heterocycles. The average molecular weight is 335 g/mol. The Bertz CT molecular complexity index is 721. The van der Waals surface area contributed by atoms with Crippen LogP contribution in [0.1, 0.15) is 28.4 Å². The number of benzene rings is 1. The van der Waals surface area contributed by atoms with Crippen molar-refractivity contribution >= 4 is 23.5 Å². The molecule has 0 saturated heterocycles. The van der Waals surface area contributed by atoms with E-state index in [1.54, 1.807) is 24.3 Å². The van der Waals surface area contributed by atoms with Gasteiger partial charge in [-0.25, -0.2) is 4.98 Å². The number of carboxylic acids is 1. The van der Waals surface area contributed by atoms with Crippen molar-refractivity contribution in [3.8, 4) is 5.88 Å². The van der Waals surface area contributed by atoms with Crippen LogP contribution in [-0.4, -0.2) is 29.1 Å². The smallest absolute Gasteiger partial charge is 0.305 e. The highest BCUT2D eigenvalue weighted by Gasteiger charge is 2.21. The Hall–Kier alpha value is -2.60. The van der Waals surface area contributed by atoms with Gasteiger partial charge in [0.2, 0.25) is 5.88 Å². The monoisotopic (exact) mass is 334 g/mol. The van der Waals surface area contributed by atoms with Crippen LogP contribution in [0.15, 0.2) is 42.6 Å². The van der Waals surface area contributed by atoms with Gasteiger partial charge >= 0.3 is 5.97 Å². The van der Waals surface area contributed by atoms with E-state index in [1.807, 2.05) is 0 Å². The number of nitrogens with zero attached hydrogens (tertiary/aromatic N) is 1. The van der Waals surface area contributed by atoms with Gasteiger partial charge in [-0.15, -0.1) is 0 Å². The van der Waals surface area contributed by atoms with E-state index in [4.69, 9.17) is 21.4 Å². The lowest BCUT2D eigenvalue weighted by molar-refractivity contribution is -0.137. The number of hydrogen-bond acceptors (Lipinski definition) is 4. The maximum absolute atomic E-state index is 12.4. The first-order valence-corrected chi connectivity index (χ1v) is 7.16. The maximum atomic E-state index is 12.4. The van der Waals surface area contributed by atoms with E-state index in [-0.39, 0.29) is 6.42 Å². The molecule has 0 bridgehead atoms. The molecule has 0 aliphatic carbocycles. The van der Waals surface area contributed by atoms with Gasteiger partial charge in [-0.2, -0.15) is 0 Å². The van der Waals surface area contributed by atoms with Crippen molar-refractivity contribution in [2.75, 3.05) is 7.11 Å². The van der Waals surface area contributed by atoms with E-state index >= 15 is 0 Å². The first kappa shape index (κ1) is 16.8. The molecule has 7 heteroatoms. The van der Waals surface area contributed by atoms with Crippen LogP contribution in [0.3, 0.4) is 0 Å². The van der Waals surface area contributed by atoms with Gasteiger partial charge in [0.1, 0.15) is 0 Å². The highest BCUT2D eigenvalue weighted by Crippen LogP contribution is 2.25. The van der Waals surface area contributed by atoms with E-state index < -0.39 is 17.9 Å². The van der Waals surface area contributed by atoms with Gasteiger partial charge in [-0.3, -0.25) is 9.59 Å². The second-order valence-corrected chi connectivity index (χ2v) is 5.14. The van der Waals surface area contributed by atoms with Crippen LogP contribution in [0.25, 0.3) is 0 Å². The summed E-state index contributed by atoms with van der Waals surface area (Å²) in [5.41, 5.74) is 0.866. The largest absolute Gasteiger partial charge is 0.481 e. The Morgan fingerprint density at radius 2 is 2.09 bits per heavy atom. The molecule has 0 radical (unpaired) electrons. The summed E-state index contributed by atoms with van der Waals surface area (Å²) in [7, 11) is 1.45. The van der Waals surface area contributed by atoms with Crippen molar-refractivity contribution < 1.29 is 19.4 Å². The number of carbonyl (C=O) groups excluding carboxylic acids is 1. The number of halogens is 1. The Morgan fingerprint density at radius 1 is 1.35 bits per heavy atom. The number of amides is 1. The third kappa shape index (κ3) is 4.43. The molecular weight excluding hydrogens is 320 g/mol. The third-order valence-corrected chi connectivity index (χ3v) is 3.52. The topological polar surface area (TPSA) is 88.5 Å². The fourth-order valence-corrected chi connectivity index (χ4v) is 2.34.